The van der Waals surface area contributed by atoms with Gasteiger partial charge >= 0.3 is 0 Å². The van der Waals surface area contributed by atoms with Gasteiger partial charge in [-0.3, -0.25) is 0 Å². The van der Waals surface area contributed by atoms with Gasteiger partial charge in [-0.05, 0) is 25.2 Å². The van der Waals surface area contributed by atoms with Gasteiger partial charge < -0.3 is 4.43 Å². The zero-order valence-electron chi connectivity index (χ0n) is 9.53. The van der Waals surface area contributed by atoms with Gasteiger partial charge in [0.25, 0.3) is 0 Å². The maximum atomic E-state index is 5.93. The lowest BCUT2D eigenvalue weighted by Gasteiger charge is -2.29. The molecule has 3 heteroatoms. The van der Waals surface area contributed by atoms with Crippen LogP contribution < -0.4 is 0 Å². The average molecular weight is 204 g/mol. The molecule has 0 saturated heterocycles. The Balaban J connectivity index is 3.86. The van der Waals surface area contributed by atoms with E-state index in [9.17, 15) is 0 Å². The smallest absolute Gasteiger partial charge is 0.184 e. The fraction of sp³-hybridized carbons (Fsp3) is 1.00. The van der Waals surface area contributed by atoms with Crippen molar-refractivity contribution in [2.24, 2.45) is 0 Å². The Kier molecular flexibility index (Phi) is 4.73. The van der Waals surface area contributed by atoms with Crippen molar-refractivity contribution >= 4 is 16.4 Å². The first-order chi connectivity index (χ1) is 5.27. The van der Waals surface area contributed by atoms with Crippen LogP contribution >= 0.6 is 0 Å². The van der Waals surface area contributed by atoms with Crippen LogP contribution in [-0.2, 0) is 4.43 Å². The third-order valence-corrected chi connectivity index (χ3v) is 10.3. The van der Waals surface area contributed by atoms with Crippen LogP contribution in [0.5, 0.6) is 0 Å². The SMILES string of the molecule is CCCO[Si](C)(C)C[Si](C)(C)C. The van der Waals surface area contributed by atoms with E-state index in [1.54, 1.807) is 0 Å². The van der Waals surface area contributed by atoms with Gasteiger partial charge in [0.15, 0.2) is 8.32 Å². The number of hydrogen-bond acceptors (Lipinski definition) is 1. The van der Waals surface area contributed by atoms with Crippen molar-refractivity contribution in [2.45, 2.75) is 51.7 Å². The molecule has 0 radical (unpaired) electrons. The van der Waals surface area contributed by atoms with E-state index in [2.05, 4.69) is 39.7 Å². The summed E-state index contributed by atoms with van der Waals surface area (Å²) in [5, 5.41) is 0. The summed E-state index contributed by atoms with van der Waals surface area (Å²) < 4.78 is 5.93. The Morgan fingerprint density at radius 2 is 1.50 bits per heavy atom. The summed E-state index contributed by atoms with van der Waals surface area (Å²) in [6.45, 7) is 15.1. The molecule has 0 saturated carbocycles. The Hall–Kier alpha value is 0.394. The van der Waals surface area contributed by atoms with Gasteiger partial charge in [0.1, 0.15) is 0 Å². The Morgan fingerprint density at radius 1 is 1.00 bits per heavy atom. The monoisotopic (exact) mass is 204 g/mol. The molecule has 0 aliphatic heterocycles. The predicted octanol–water partition coefficient (Wildman–Crippen LogP) is 3.50. The molecule has 0 atom stereocenters. The van der Waals surface area contributed by atoms with Crippen LogP contribution in [0.15, 0.2) is 0 Å². The van der Waals surface area contributed by atoms with E-state index < -0.39 is 16.4 Å². The van der Waals surface area contributed by atoms with Crippen LogP contribution in [0, 0.1) is 0 Å². The first-order valence-electron chi connectivity index (χ1n) is 4.91. The Morgan fingerprint density at radius 3 is 1.83 bits per heavy atom. The second-order valence-electron chi connectivity index (χ2n) is 5.35. The summed E-state index contributed by atoms with van der Waals surface area (Å²) in [4.78, 5) is 0. The fourth-order valence-electron chi connectivity index (χ4n) is 1.71. The fourth-order valence-corrected chi connectivity index (χ4v) is 13.1. The molecule has 0 fully saturated rings. The Bertz CT molecular complexity index is 127. The van der Waals surface area contributed by atoms with Crippen molar-refractivity contribution in [1.82, 2.24) is 0 Å². The van der Waals surface area contributed by atoms with Crippen molar-refractivity contribution in [3.05, 3.63) is 0 Å². The average Bonchev–Trinajstić information content (AvgIpc) is 1.78. The standard InChI is InChI=1S/C9H24OSi2/c1-7-8-10-12(5,6)9-11(2,3)4/h7-9H2,1-6H3. The van der Waals surface area contributed by atoms with Crippen LogP contribution in [0.2, 0.25) is 38.4 Å². The van der Waals surface area contributed by atoms with Crippen molar-refractivity contribution in [3.63, 3.8) is 0 Å². The van der Waals surface area contributed by atoms with E-state index in [4.69, 9.17) is 4.43 Å². The van der Waals surface area contributed by atoms with Crippen molar-refractivity contribution in [1.29, 1.82) is 0 Å². The summed E-state index contributed by atoms with van der Waals surface area (Å²) >= 11 is 0. The lowest BCUT2D eigenvalue weighted by atomic mass is 10.5. The van der Waals surface area contributed by atoms with Crippen molar-refractivity contribution in [3.8, 4) is 0 Å². The van der Waals surface area contributed by atoms with E-state index in [-0.39, 0.29) is 0 Å². The molecule has 0 heterocycles. The maximum absolute atomic E-state index is 5.93. The number of rotatable bonds is 5. The minimum absolute atomic E-state index is 0.906. The normalized spacial score (nSPS) is 13.5. The lowest BCUT2D eigenvalue weighted by molar-refractivity contribution is 0.309. The molecule has 0 aromatic carbocycles. The summed E-state index contributed by atoms with van der Waals surface area (Å²) in [5.41, 5.74) is 1.39. The van der Waals surface area contributed by atoms with Gasteiger partial charge in [-0.2, -0.15) is 0 Å². The van der Waals surface area contributed by atoms with Crippen LogP contribution in [0.4, 0.5) is 0 Å². The minimum atomic E-state index is -1.30. The van der Waals surface area contributed by atoms with Crippen molar-refractivity contribution in [2.75, 3.05) is 6.61 Å². The van der Waals surface area contributed by atoms with Gasteiger partial charge in [0.05, 0.1) is 0 Å². The van der Waals surface area contributed by atoms with E-state index >= 15 is 0 Å². The van der Waals surface area contributed by atoms with Gasteiger partial charge in [0.2, 0.25) is 0 Å². The summed E-state index contributed by atoms with van der Waals surface area (Å²) in [5.74, 6) is 0. The van der Waals surface area contributed by atoms with Gasteiger partial charge in [-0.25, -0.2) is 0 Å². The molecule has 0 aliphatic rings. The van der Waals surface area contributed by atoms with Crippen LogP contribution in [0.25, 0.3) is 0 Å². The molecule has 0 bridgehead atoms. The zero-order valence-corrected chi connectivity index (χ0v) is 11.5. The highest BCUT2D eigenvalue weighted by Crippen LogP contribution is 2.20. The summed E-state index contributed by atoms with van der Waals surface area (Å²) in [6, 6.07) is 0. The molecule has 0 aromatic heterocycles. The molecule has 12 heavy (non-hydrogen) atoms. The molecular weight excluding hydrogens is 180 g/mol. The third-order valence-electron chi connectivity index (χ3n) is 1.65. The van der Waals surface area contributed by atoms with Crippen molar-refractivity contribution < 1.29 is 4.43 Å². The van der Waals surface area contributed by atoms with E-state index in [1.165, 1.54) is 5.67 Å². The quantitative estimate of drug-likeness (QED) is 0.623. The van der Waals surface area contributed by atoms with E-state index in [0.717, 1.165) is 13.0 Å². The molecule has 0 unspecified atom stereocenters. The predicted molar refractivity (Wildman–Crippen MR) is 61.9 cm³/mol. The maximum Gasteiger partial charge on any atom is 0.184 e. The van der Waals surface area contributed by atoms with Crippen LogP contribution in [0.3, 0.4) is 0 Å². The molecular formula is C9H24OSi2. The first-order valence-corrected chi connectivity index (χ1v) is 11.7. The summed E-state index contributed by atoms with van der Waals surface area (Å²) in [6.07, 6.45) is 1.15. The van der Waals surface area contributed by atoms with Gasteiger partial charge in [-0.1, -0.05) is 26.6 Å². The van der Waals surface area contributed by atoms with Gasteiger partial charge in [-0.15, -0.1) is 0 Å². The highest BCUT2D eigenvalue weighted by molar-refractivity contribution is 6.92. The van der Waals surface area contributed by atoms with Crippen LogP contribution in [0.1, 0.15) is 13.3 Å². The molecule has 74 valence electrons. The first kappa shape index (κ1) is 12.4. The molecule has 0 amide bonds. The highest BCUT2D eigenvalue weighted by Gasteiger charge is 2.29. The molecule has 1 nitrogen and oxygen atoms in total. The van der Waals surface area contributed by atoms with Crippen LogP contribution in [-0.4, -0.2) is 23.0 Å². The molecule has 0 spiro atoms. The molecule has 0 aromatic rings. The lowest BCUT2D eigenvalue weighted by Crippen LogP contribution is -2.40. The Labute approximate surface area is 79.7 Å². The third kappa shape index (κ3) is 7.07. The molecule has 0 rings (SSSR count). The van der Waals surface area contributed by atoms with E-state index in [1.807, 2.05) is 0 Å². The summed E-state index contributed by atoms with van der Waals surface area (Å²) in [7, 11) is -2.20. The van der Waals surface area contributed by atoms with E-state index in [0.29, 0.717) is 0 Å². The van der Waals surface area contributed by atoms with Gasteiger partial charge in [0, 0.05) is 14.7 Å². The largest absolute Gasteiger partial charge is 0.418 e. The second kappa shape index (κ2) is 4.58. The molecule has 0 aliphatic carbocycles. The highest BCUT2D eigenvalue weighted by atomic mass is 28.4. The minimum Gasteiger partial charge on any atom is -0.418 e. The number of hydrogen-bond donors (Lipinski definition) is 0. The zero-order chi connectivity index (χ0) is 9.83. The second-order valence-corrected chi connectivity index (χ2v) is 15.7. The topological polar surface area (TPSA) is 9.23 Å². The molecule has 0 N–H and O–H groups in total.